The molecule has 1 aliphatic rings. The third-order valence-corrected chi connectivity index (χ3v) is 4.73. The maximum atomic E-state index is 6.24. The lowest BCUT2D eigenvalue weighted by Gasteiger charge is -2.38. The van der Waals surface area contributed by atoms with E-state index < -0.39 is 0 Å². The largest absolute Gasteiger partial charge is 0.371 e. The molecular weight excluding hydrogens is 279 g/mol. The molecule has 2 nitrogen and oxygen atoms in total. The van der Waals surface area contributed by atoms with Crippen LogP contribution in [0.25, 0.3) is 0 Å². The molecule has 0 bridgehead atoms. The normalized spacial score (nSPS) is 23.7. The fourth-order valence-electron chi connectivity index (χ4n) is 2.74. The summed E-state index contributed by atoms with van der Waals surface area (Å²) in [6.45, 7) is 4.26. The van der Waals surface area contributed by atoms with Crippen molar-refractivity contribution in [2.75, 3.05) is 18.0 Å². The minimum atomic E-state index is 0.338. The van der Waals surface area contributed by atoms with Crippen LogP contribution in [0.15, 0.2) is 18.2 Å². The van der Waals surface area contributed by atoms with Gasteiger partial charge in [-0.3, -0.25) is 0 Å². The fraction of sp³-hybridized carbons (Fsp3) is 0.600. The predicted octanol–water partition coefficient (Wildman–Crippen LogP) is 4.34. The summed E-state index contributed by atoms with van der Waals surface area (Å²) < 4.78 is 0. The number of halogens is 2. The van der Waals surface area contributed by atoms with E-state index in [0.29, 0.717) is 22.0 Å². The minimum absolute atomic E-state index is 0.338. The average Bonchev–Trinajstić information content (AvgIpc) is 2.41. The van der Waals surface area contributed by atoms with Gasteiger partial charge in [-0.2, -0.15) is 0 Å². The highest BCUT2D eigenvalue weighted by Gasteiger charge is 2.26. The zero-order chi connectivity index (χ0) is 13.8. The van der Waals surface area contributed by atoms with Crippen LogP contribution in [0.5, 0.6) is 0 Å². The molecule has 0 amide bonds. The molecule has 2 N–H and O–H groups in total. The summed E-state index contributed by atoms with van der Waals surface area (Å²) in [5, 5.41) is 1.24. The van der Waals surface area contributed by atoms with Gasteiger partial charge in [-0.1, -0.05) is 43.0 Å². The van der Waals surface area contributed by atoms with E-state index >= 15 is 0 Å². The lowest BCUT2D eigenvalue weighted by atomic mass is 9.88. The van der Waals surface area contributed by atoms with E-state index in [9.17, 15) is 0 Å². The van der Waals surface area contributed by atoms with Gasteiger partial charge in [0, 0.05) is 24.8 Å². The van der Waals surface area contributed by atoms with Crippen LogP contribution in [-0.4, -0.2) is 19.1 Å². The van der Waals surface area contributed by atoms with Crippen molar-refractivity contribution in [2.45, 2.75) is 38.6 Å². The molecule has 0 saturated carbocycles. The number of rotatable bonds is 4. The standard InChI is InChI=1S/C15H22Cl2N2/c1-2-3-4-11-10-19(8-7-15(11)18)12-5-6-13(16)14(17)9-12/h5-6,9,11,15H,2-4,7-8,10,18H2,1H3/t11-,15+/m1/s1. The summed E-state index contributed by atoms with van der Waals surface area (Å²) in [4.78, 5) is 2.38. The number of hydrogen-bond acceptors (Lipinski definition) is 2. The van der Waals surface area contributed by atoms with Crippen LogP contribution in [0, 0.1) is 5.92 Å². The van der Waals surface area contributed by atoms with Crippen molar-refractivity contribution in [1.82, 2.24) is 0 Å². The van der Waals surface area contributed by atoms with Crippen molar-refractivity contribution in [3.63, 3.8) is 0 Å². The second-order valence-corrected chi connectivity index (χ2v) is 6.21. The Bertz CT molecular complexity index is 423. The number of anilines is 1. The topological polar surface area (TPSA) is 29.3 Å². The van der Waals surface area contributed by atoms with E-state index in [1.807, 2.05) is 18.2 Å². The first-order chi connectivity index (χ1) is 9.11. The molecule has 2 rings (SSSR count). The molecule has 1 aromatic carbocycles. The Hall–Kier alpha value is -0.440. The minimum Gasteiger partial charge on any atom is -0.371 e. The first-order valence-corrected chi connectivity index (χ1v) is 7.83. The Morgan fingerprint density at radius 3 is 2.79 bits per heavy atom. The number of nitrogens with two attached hydrogens (primary N) is 1. The van der Waals surface area contributed by atoms with Gasteiger partial charge in [0.1, 0.15) is 0 Å². The van der Waals surface area contributed by atoms with Crippen molar-refractivity contribution in [3.05, 3.63) is 28.2 Å². The van der Waals surface area contributed by atoms with Gasteiger partial charge in [0.2, 0.25) is 0 Å². The first kappa shape index (κ1) is 15.0. The molecule has 0 unspecified atom stereocenters. The average molecular weight is 301 g/mol. The van der Waals surface area contributed by atoms with E-state index in [1.165, 1.54) is 19.3 Å². The number of nitrogens with zero attached hydrogens (tertiary/aromatic N) is 1. The Labute approximate surface area is 125 Å². The summed E-state index contributed by atoms with van der Waals surface area (Å²) in [7, 11) is 0. The third kappa shape index (κ3) is 3.77. The number of hydrogen-bond donors (Lipinski definition) is 1. The molecule has 1 aromatic rings. The predicted molar refractivity (Wildman–Crippen MR) is 84.3 cm³/mol. The molecular formula is C15H22Cl2N2. The van der Waals surface area contributed by atoms with Crippen LogP contribution < -0.4 is 10.6 Å². The van der Waals surface area contributed by atoms with Gasteiger partial charge in [-0.25, -0.2) is 0 Å². The second kappa shape index (κ2) is 6.83. The zero-order valence-corrected chi connectivity index (χ0v) is 12.9. The summed E-state index contributed by atoms with van der Waals surface area (Å²) in [5.74, 6) is 0.586. The zero-order valence-electron chi connectivity index (χ0n) is 11.4. The molecule has 19 heavy (non-hydrogen) atoms. The van der Waals surface area contributed by atoms with E-state index in [1.54, 1.807) is 0 Å². The van der Waals surface area contributed by atoms with Crippen LogP contribution >= 0.6 is 23.2 Å². The van der Waals surface area contributed by atoms with Crippen LogP contribution in [-0.2, 0) is 0 Å². The highest BCUT2D eigenvalue weighted by Crippen LogP contribution is 2.30. The molecule has 0 spiro atoms. The maximum absolute atomic E-state index is 6.24. The smallest absolute Gasteiger partial charge is 0.0612 e. The molecule has 1 heterocycles. The Morgan fingerprint density at radius 1 is 1.32 bits per heavy atom. The fourth-order valence-corrected chi connectivity index (χ4v) is 3.03. The molecule has 2 atom stereocenters. The van der Waals surface area contributed by atoms with Crippen LogP contribution in [0.3, 0.4) is 0 Å². The first-order valence-electron chi connectivity index (χ1n) is 7.07. The lowest BCUT2D eigenvalue weighted by Crippen LogP contribution is -2.47. The van der Waals surface area contributed by atoms with E-state index in [4.69, 9.17) is 28.9 Å². The molecule has 0 aliphatic carbocycles. The van der Waals surface area contributed by atoms with Crippen molar-refractivity contribution in [3.8, 4) is 0 Å². The second-order valence-electron chi connectivity index (χ2n) is 5.40. The maximum Gasteiger partial charge on any atom is 0.0612 e. The van der Waals surface area contributed by atoms with Crippen LogP contribution in [0.2, 0.25) is 10.0 Å². The van der Waals surface area contributed by atoms with Gasteiger partial charge in [0.05, 0.1) is 10.0 Å². The van der Waals surface area contributed by atoms with Crippen molar-refractivity contribution < 1.29 is 0 Å². The summed E-state index contributed by atoms with van der Waals surface area (Å²) in [5.41, 5.74) is 7.40. The van der Waals surface area contributed by atoms with Gasteiger partial charge in [0.15, 0.2) is 0 Å². The Balaban J connectivity index is 2.06. The lowest BCUT2D eigenvalue weighted by molar-refractivity contribution is 0.330. The van der Waals surface area contributed by atoms with Gasteiger partial charge < -0.3 is 10.6 Å². The summed E-state index contributed by atoms with van der Waals surface area (Å²) >= 11 is 12.1. The van der Waals surface area contributed by atoms with Crippen molar-refractivity contribution in [1.29, 1.82) is 0 Å². The third-order valence-electron chi connectivity index (χ3n) is 3.99. The Morgan fingerprint density at radius 2 is 2.11 bits per heavy atom. The Kier molecular flexibility index (Phi) is 5.37. The van der Waals surface area contributed by atoms with Gasteiger partial charge in [0.25, 0.3) is 0 Å². The molecule has 1 fully saturated rings. The SMILES string of the molecule is CCCC[C@@H]1CN(c2ccc(Cl)c(Cl)c2)CC[C@@H]1N. The number of unbranched alkanes of at least 4 members (excludes halogenated alkanes) is 1. The molecule has 0 radical (unpaired) electrons. The molecule has 4 heteroatoms. The molecule has 1 aliphatic heterocycles. The molecule has 106 valence electrons. The van der Waals surface area contributed by atoms with E-state index in [0.717, 1.165) is 25.2 Å². The van der Waals surface area contributed by atoms with Gasteiger partial charge >= 0.3 is 0 Å². The monoisotopic (exact) mass is 300 g/mol. The summed E-state index contributed by atoms with van der Waals surface area (Å²) in [6, 6.07) is 6.21. The molecule has 1 saturated heterocycles. The summed E-state index contributed by atoms with van der Waals surface area (Å²) in [6.07, 6.45) is 4.76. The highest BCUT2D eigenvalue weighted by atomic mass is 35.5. The van der Waals surface area contributed by atoms with Gasteiger partial charge in [-0.15, -0.1) is 0 Å². The van der Waals surface area contributed by atoms with Crippen LogP contribution in [0.1, 0.15) is 32.6 Å². The quantitative estimate of drug-likeness (QED) is 0.896. The van der Waals surface area contributed by atoms with Crippen molar-refractivity contribution in [2.24, 2.45) is 11.7 Å². The van der Waals surface area contributed by atoms with E-state index in [2.05, 4.69) is 11.8 Å². The van der Waals surface area contributed by atoms with Crippen LogP contribution in [0.4, 0.5) is 5.69 Å². The van der Waals surface area contributed by atoms with Gasteiger partial charge in [-0.05, 0) is 37.0 Å². The number of piperidine rings is 1. The molecule has 0 aromatic heterocycles. The van der Waals surface area contributed by atoms with E-state index in [-0.39, 0.29) is 0 Å². The van der Waals surface area contributed by atoms with Crippen molar-refractivity contribution >= 4 is 28.9 Å². The number of benzene rings is 1. The highest BCUT2D eigenvalue weighted by molar-refractivity contribution is 6.42.